The molecule has 0 fully saturated rings. The average molecular weight is 398 g/mol. The lowest BCUT2D eigenvalue weighted by atomic mass is 10.1. The van der Waals surface area contributed by atoms with Crippen molar-refractivity contribution in [3.8, 4) is 11.1 Å². The molecule has 1 nitrogen and oxygen atoms in total. The molecule has 3 aromatic rings. The Morgan fingerprint density at radius 1 is 0.591 bits per heavy atom. The first-order chi connectivity index (χ1) is 10.3. The number of hydrogen-bond acceptors (Lipinski definition) is 1. The molecule has 0 radical (unpaired) electrons. The topological polar surface area (TPSA) is 17.1 Å². The van der Waals surface area contributed by atoms with Crippen molar-refractivity contribution in [1.82, 2.24) is 0 Å². The number of fused-ring (bicyclic) bond motifs is 3. The molecule has 1 aliphatic rings. The maximum atomic E-state index is 12.5. The lowest BCUT2D eigenvalue weighted by molar-refractivity contribution is -0.597. The van der Waals surface area contributed by atoms with Crippen molar-refractivity contribution in [1.29, 1.82) is 0 Å². The summed E-state index contributed by atoms with van der Waals surface area (Å²) in [6.07, 6.45) is 0. The van der Waals surface area contributed by atoms with Gasteiger partial charge in [-0.05, 0) is 35.4 Å². The van der Waals surface area contributed by atoms with E-state index < -0.39 is 0 Å². The Hall–Kier alpha value is -1.94. The summed E-state index contributed by atoms with van der Waals surface area (Å²) in [7, 11) is 0. The van der Waals surface area contributed by atoms with Gasteiger partial charge < -0.3 is 7.43 Å². The van der Waals surface area contributed by atoms with Crippen LogP contribution >= 0.6 is 0 Å². The third-order valence-corrected chi connectivity index (χ3v) is 6.28. The highest BCUT2D eigenvalue weighted by atomic mass is 127. The van der Waals surface area contributed by atoms with Crippen molar-refractivity contribution in [2.45, 2.75) is 0 Å². The smallest absolute Gasteiger partial charge is 0.357 e. The number of benzene rings is 3. The first kappa shape index (κ1) is 15.0. The van der Waals surface area contributed by atoms with Crippen LogP contribution in [0.4, 0.5) is 0 Å². The fraction of sp³-hybridized carbons (Fsp3) is 0. The molecule has 2 heteroatoms. The molecule has 0 heterocycles. The molecule has 0 saturated carbocycles. The molecule has 108 valence electrons. The Bertz CT molecular complexity index is 837. The standard InChI is InChI=1S/C19H12IO.CH3/c21-19-17-9-5-4-8-15(17)16-11-10-14(12-18(16)19)20-13-6-2-1-3-7-13;/h1-12H;1H3/q+1;-1. The van der Waals surface area contributed by atoms with Gasteiger partial charge in [0.05, 0.1) is 0 Å². The van der Waals surface area contributed by atoms with E-state index in [2.05, 4.69) is 42.5 Å². The minimum Gasteiger partial charge on any atom is -0.358 e. The number of carbonyl (C=O) groups is 1. The maximum absolute atomic E-state index is 12.5. The summed E-state index contributed by atoms with van der Waals surface area (Å²) in [6, 6.07) is 24.8. The molecular formula is C20H15IO. The predicted octanol–water partition coefficient (Wildman–Crippen LogP) is 1.48. The zero-order valence-corrected chi connectivity index (χ0v) is 14.4. The second kappa shape index (κ2) is 6.05. The van der Waals surface area contributed by atoms with Crippen LogP contribution in [-0.4, -0.2) is 5.78 Å². The average Bonchev–Trinajstić information content (AvgIpc) is 2.82. The maximum Gasteiger partial charge on any atom is 0.357 e. The van der Waals surface area contributed by atoms with Crippen LogP contribution in [0.2, 0.25) is 0 Å². The minimum atomic E-state index is -0.228. The number of halogens is 1. The highest BCUT2D eigenvalue weighted by Gasteiger charge is 2.28. The number of carbonyl (C=O) groups excluding carboxylic acids is 1. The van der Waals surface area contributed by atoms with Crippen molar-refractivity contribution in [2.24, 2.45) is 0 Å². The Balaban J connectivity index is 0.00000144. The van der Waals surface area contributed by atoms with Crippen molar-refractivity contribution in [3.05, 3.63) is 98.5 Å². The monoisotopic (exact) mass is 398 g/mol. The molecule has 1 aliphatic carbocycles. The van der Waals surface area contributed by atoms with E-state index in [4.69, 9.17) is 0 Å². The number of ketones is 1. The second-order valence-corrected chi connectivity index (χ2v) is 7.99. The van der Waals surface area contributed by atoms with Gasteiger partial charge >= 0.3 is 21.2 Å². The third kappa shape index (κ3) is 2.48. The zero-order chi connectivity index (χ0) is 14.2. The molecule has 0 atom stereocenters. The van der Waals surface area contributed by atoms with E-state index in [1.807, 2.05) is 30.3 Å². The van der Waals surface area contributed by atoms with Gasteiger partial charge in [-0.1, -0.05) is 42.5 Å². The van der Waals surface area contributed by atoms with Crippen LogP contribution in [0.3, 0.4) is 0 Å². The molecule has 0 amide bonds. The highest BCUT2D eigenvalue weighted by molar-refractivity contribution is 6.21. The minimum absolute atomic E-state index is 0. The summed E-state index contributed by atoms with van der Waals surface area (Å²) in [6.45, 7) is 0. The number of hydrogen-bond donors (Lipinski definition) is 0. The first-order valence-electron chi connectivity index (χ1n) is 6.81. The molecule has 22 heavy (non-hydrogen) atoms. The van der Waals surface area contributed by atoms with Gasteiger partial charge in [0, 0.05) is 17.2 Å². The predicted molar refractivity (Wildman–Crippen MR) is 85.6 cm³/mol. The third-order valence-electron chi connectivity index (χ3n) is 3.64. The molecule has 0 saturated heterocycles. The van der Waals surface area contributed by atoms with Crippen LogP contribution in [0.1, 0.15) is 15.9 Å². The van der Waals surface area contributed by atoms with Crippen molar-refractivity contribution in [3.63, 3.8) is 0 Å². The van der Waals surface area contributed by atoms with E-state index in [0.717, 1.165) is 22.3 Å². The Morgan fingerprint density at radius 2 is 1.23 bits per heavy atom. The summed E-state index contributed by atoms with van der Waals surface area (Å²) >= 11 is -0.228. The largest absolute Gasteiger partial charge is 0.358 e. The van der Waals surface area contributed by atoms with Gasteiger partial charge in [-0.3, -0.25) is 4.79 Å². The van der Waals surface area contributed by atoms with Gasteiger partial charge in [-0.2, -0.15) is 0 Å². The molecule has 4 rings (SSSR count). The summed E-state index contributed by atoms with van der Waals surface area (Å²) in [5.41, 5.74) is 3.85. The van der Waals surface area contributed by atoms with Crippen LogP contribution in [0.5, 0.6) is 0 Å². The van der Waals surface area contributed by atoms with Crippen molar-refractivity contribution < 1.29 is 26.0 Å². The fourth-order valence-electron chi connectivity index (χ4n) is 2.66. The Labute approximate surface area is 141 Å². The highest BCUT2D eigenvalue weighted by Crippen LogP contribution is 2.35. The van der Waals surface area contributed by atoms with Gasteiger partial charge in [-0.25, -0.2) is 0 Å². The molecule has 0 N–H and O–H groups in total. The lowest BCUT2D eigenvalue weighted by Crippen LogP contribution is -3.61. The summed E-state index contributed by atoms with van der Waals surface area (Å²) in [4.78, 5) is 12.5. The van der Waals surface area contributed by atoms with E-state index in [0.29, 0.717) is 0 Å². The molecule has 0 spiro atoms. The lowest BCUT2D eigenvalue weighted by Gasteiger charge is -1.97. The fourth-order valence-corrected chi connectivity index (χ4v) is 4.98. The number of rotatable bonds is 2. The molecule has 0 aliphatic heterocycles. The van der Waals surface area contributed by atoms with Crippen LogP contribution in [0.25, 0.3) is 11.1 Å². The van der Waals surface area contributed by atoms with Crippen LogP contribution < -0.4 is 21.2 Å². The van der Waals surface area contributed by atoms with E-state index in [9.17, 15) is 4.79 Å². The van der Waals surface area contributed by atoms with Gasteiger partial charge in [0.2, 0.25) is 0 Å². The zero-order valence-electron chi connectivity index (χ0n) is 12.2. The molecule has 0 aromatic heterocycles. The molecule has 3 aromatic carbocycles. The Morgan fingerprint density at radius 3 is 2.00 bits per heavy atom. The van der Waals surface area contributed by atoms with E-state index in [1.165, 1.54) is 7.14 Å². The SMILES string of the molecule is O=C1c2ccccc2-c2ccc([I+]c3ccccc3)cc21.[CH3-]. The van der Waals surface area contributed by atoms with Gasteiger partial charge in [0.1, 0.15) is 0 Å². The van der Waals surface area contributed by atoms with E-state index >= 15 is 0 Å². The summed E-state index contributed by atoms with van der Waals surface area (Å²) < 4.78 is 2.67. The summed E-state index contributed by atoms with van der Waals surface area (Å²) in [5, 5.41) is 0. The van der Waals surface area contributed by atoms with Crippen LogP contribution in [0.15, 0.2) is 72.8 Å². The quantitative estimate of drug-likeness (QED) is 0.369. The van der Waals surface area contributed by atoms with Gasteiger partial charge in [0.15, 0.2) is 12.9 Å². The van der Waals surface area contributed by atoms with Crippen LogP contribution in [0, 0.1) is 14.6 Å². The molecular weight excluding hydrogens is 383 g/mol. The van der Waals surface area contributed by atoms with Gasteiger partial charge in [-0.15, -0.1) is 0 Å². The first-order valence-corrected chi connectivity index (χ1v) is 8.97. The van der Waals surface area contributed by atoms with E-state index in [1.54, 1.807) is 0 Å². The Kier molecular flexibility index (Phi) is 4.12. The van der Waals surface area contributed by atoms with Crippen molar-refractivity contribution >= 4 is 5.78 Å². The van der Waals surface area contributed by atoms with Crippen molar-refractivity contribution in [2.75, 3.05) is 0 Å². The normalized spacial score (nSPS) is 11.5. The van der Waals surface area contributed by atoms with Crippen LogP contribution in [-0.2, 0) is 0 Å². The second-order valence-electron chi connectivity index (χ2n) is 4.95. The molecule has 0 unspecified atom stereocenters. The molecule has 0 bridgehead atoms. The summed E-state index contributed by atoms with van der Waals surface area (Å²) in [5.74, 6) is 0.166. The van der Waals surface area contributed by atoms with Gasteiger partial charge in [0.25, 0.3) is 0 Å². The van der Waals surface area contributed by atoms with E-state index in [-0.39, 0.29) is 34.4 Å².